The molecule has 0 radical (unpaired) electrons. The molecule has 0 aromatic heterocycles. The van der Waals surface area contributed by atoms with E-state index in [2.05, 4.69) is 10.6 Å². The van der Waals surface area contributed by atoms with Crippen LogP contribution in [0.25, 0.3) is 0 Å². The summed E-state index contributed by atoms with van der Waals surface area (Å²) in [5, 5.41) is 6.62. The Morgan fingerprint density at radius 2 is 1.76 bits per heavy atom. The first-order chi connectivity index (χ1) is 15.7. The lowest BCUT2D eigenvalue weighted by atomic mass is 10.1. The molecule has 0 fully saturated rings. The van der Waals surface area contributed by atoms with Crippen molar-refractivity contribution < 1.29 is 14.3 Å². The Kier molecular flexibility index (Phi) is 8.67. The molecule has 0 spiro atoms. The fourth-order valence-corrected chi connectivity index (χ4v) is 4.27. The number of carbonyl (C=O) groups excluding carboxylic acids is 2. The van der Waals surface area contributed by atoms with Crippen molar-refractivity contribution in [2.75, 3.05) is 17.7 Å². The number of thioether (sulfide) groups is 1. The molecule has 0 aliphatic heterocycles. The summed E-state index contributed by atoms with van der Waals surface area (Å²) >= 11 is 13.4. The number of hydrogen-bond donors (Lipinski definition) is 2. The van der Waals surface area contributed by atoms with Crippen LogP contribution in [0.15, 0.2) is 65.6 Å². The molecular formula is C25H24Cl2N2O3S. The van der Waals surface area contributed by atoms with Crippen molar-refractivity contribution in [2.45, 2.75) is 30.4 Å². The summed E-state index contributed by atoms with van der Waals surface area (Å²) in [7, 11) is 1.53. The molecule has 8 heteroatoms. The highest BCUT2D eigenvalue weighted by molar-refractivity contribution is 8.00. The summed E-state index contributed by atoms with van der Waals surface area (Å²) in [6, 6.07) is 18.0. The summed E-state index contributed by atoms with van der Waals surface area (Å²) in [5.41, 5.74) is 2.96. The van der Waals surface area contributed by atoms with Crippen LogP contribution in [0.4, 0.5) is 11.4 Å². The van der Waals surface area contributed by atoms with Crippen molar-refractivity contribution in [2.24, 2.45) is 0 Å². The Morgan fingerprint density at radius 3 is 2.45 bits per heavy atom. The van der Waals surface area contributed by atoms with Gasteiger partial charge in [0, 0.05) is 26.7 Å². The van der Waals surface area contributed by atoms with E-state index in [0.29, 0.717) is 27.2 Å². The number of halogens is 2. The highest BCUT2D eigenvalue weighted by Crippen LogP contribution is 2.32. The SMILES string of the molecule is COc1cc(Cl)c(C)cc1NC(=O)C(C)Sc1cccc(NC(=O)Cc2ccc(Cl)cc2)c1. The molecule has 3 aromatic rings. The molecule has 0 saturated carbocycles. The Morgan fingerprint density at radius 1 is 1.03 bits per heavy atom. The molecule has 1 atom stereocenters. The molecule has 0 bridgehead atoms. The molecule has 172 valence electrons. The van der Waals surface area contributed by atoms with Crippen LogP contribution in [-0.2, 0) is 16.0 Å². The van der Waals surface area contributed by atoms with Gasteiger partial charge >= 0.3 is 0 Å². The first-order valence-electron chi connectivity index (χ1n) is 10.2. The molecule has 2 N–H and O–H groups in total. The number of anilines is 2. The average molecular weight is 503 g/mol. The summed E-state index contributed by atoms with van der Waals surface area (Å²) < 4.78 is 5.33. The lowest BCUT2D eigenvalue weighted by Gasteiger charge is -2.16. The molecule has 3 rings (SSSR count). The van der Waals surface area contributed by atoms with E-state index in [1.165, 1.54) is 18.9 Å². The van der Waals surface area contributed by atoms with E-state index >= 15 is 0 Å². The zero-order valence-corrected chi connectivity index (χ0v) is 20.8. The van der Waals surface area contributed by atoms with Crippen molar-refractivity contribution in [3.8, 4) is 5.75 Å². The molecule has 2 amide bonds. The second-order valence-corrected chi connectivity index (χ2v) is 9.69. The number of rotatable bonds is 8. The van der Waals surface area contributed by atoms with Crippen LogP contribution in [0.1, 0.15) is 18.1 Å². The fraction of sp³-hybridized carbons (Fsp3) is 0.200. The van der Waals surface area contributed by atoms with E-state index in [1.54, 1.807) is 24.3 Å². The standard InChI is InChI=1S/C25H24Cl2N2O3S/c1-15-11-22(23(32-3)14-21(15)27)29-25(31)16(2)33-20-6-4-5-19(13-20)28-24(30)12-17-7-9-18(26)10-8-17/h4-11,13-14,16H,12H2,1-3H3,(H,28,30)(H,29,31). The van der Waals surface area contributed by atoms with Crippen molar-refractivity contribution >= 4 is 58.2 Å². The van der Waals surface area contributed by atoms with Crippen LogP contribution >= 0.6 is 35.0 Å². The molecule has 0 aliphatic rings. The maximum atomic E-state index is 12.8. The predicted molar refractivity (Wildman–Crippen MR) is 137 cm³/mol. The minimum Gasteiger partial charge on any atom is -0.495 e. The van der Waals surface area contributed by atoms with Gasteiger partial charge in [0.05, 0.1) is 24.5 Å². The van der Waals surface area contributed by atoms with Gasteiger partial charge in [-0.05, 0) is 61.4 Å². The van der Waals surface area contributed by atoms with E-state index in [9.17, 15) is 9.59 Å². The third-order valence-corrected chi connectivity index (χ3v) is 6.57. The second kappa shape index (κ2) is 11.5. The van der Waals surface area contributed by atoms with E-state index in [-0.39, 0.29) is 23.5 Å². The van der Waals surface area contributed by atoms with Gasteiger partial charge in [-0.1, -0.05) is 41.4 Å². The van der Waals surface area contributed by atoms with E-state index in [1.807, 2.05) is 50.2 Å². The lowest BCUT2D eigenvalue weighted by Crippen LogP contribution is -2.22. The Hall–Kier alpha value is -2.67. The number of nitrogens with one attached hydrogen (secondary N) is 2. The molecule has 0 aliphatic carbocycles. The van der Waals surface area contributed by atoms with Crippen LogP contribution in [-0.4, -0.2) is 24.2 Å². The van der Waals surface area contributed by atoms with Crippen molar-refractivity contribution in [1.29, 1.82) is 0 Å². The third-order valence-electron chi connectivity index (χ3n) is 4.82. The topological polar surface area (TPSA) is 67.4 Å². The van der Waals surface area contributed by atoms with Crippen molar-refractivity contribution in [3.63, 3.8) is 0 Å². The van der Waals surface area contributed by atoms with E-state index < -0.39 is 0 Å². The highest BCUT2D eigenvalue weighted by atomic mass is 35.5. The second-order valence-electron chi connectivity index (χ2n) is 7.43. The first-order valence-corrected chi connectivity index (χ1v) is 11.8. The normalized spacial score (nSPS) is 11.5. The van der Waals surface area contributed by atoms with Gasteiger partial charge in [-0.2, -0.15) is 0 Å². The minimum absolute atomic E-state index is 0.129. The van der Waals surface area contributed by atoms with Crippen LogP contribution in [0.5, 0.6) is 5.75 Å². The molecule has 33 heavy (non-hydrogen) atoms. The molecule has 1 unspecified atom stereocenters. The van der Waals surface area contributed by atoms with Gasteiger partial charge in [-0.15, -0.1) is 11.8 Å². The van der Waals surface area contributed by atoms with Crippen LogP contribution in [0.2, 0.25) is 10.0 Å². The summed E-state index contributed by atoms with van der Waals surface area (Å²) in [5.74, 6) is 0.203. The number of ether oxygens (including phenoxy) is 1. The summed E-state index contributed by atoms with van der Waals surface area (Å²) in [6.07, 6.45) is 0.246. The highest BCUT2D eigenvalue weighted by Gasteiger charge is 2.18. The van der Waals surface area contributed by atoms with Gasteiger partial charge in [0.2, 0.25) is 11.8 Å². The van der Waals surface area contributed by atoms with Gasteiger partial charge in [0.15, 0.2) is 0 Å². The molecule has 0 saturated heterocycles. The predicted octanol–water partition coefficient (Wildman–Crippen LogP) is 6.61. The zero-order chi connectivity index (χ0) is 24.0. The van der Waals surface area contributed by atoms with Crippen LogP contribution in [0, 0.1) is 6.92 Å². The monoisotopic (exact) mass is 502 g/mol. The number of amides is 2. The smallest absolute Gasteiger partial charge is 0.237 e. The molecule has 0 heterocycles. The maximum absolute atomic E-state index is 12.8. The van der Waals surface area contributed by atoms with E-state index in [0.717, 1.165) is 16.0 Å². The maximum Gasteiger partial charge on any atom is 0.237 e. The van der Waals surface area contributed by atoms with Crippen molar-refractivity contribution in [1.82, 2.24) is 0 Å². The first kappa shape index (κ1) is 25.0. The minimum atomic E-state index is -0.384. The van der Waals surface area contributed by atoms with Gasteiger partial charge in [0.25, 0.3) is 0 Å². The number of aryl methyl sites for hydroxylation is 1. The fourth-order valence-electron chi connectivity index (χ4n) is 3.06. The Bertz CT molecular complexity index is 1150. The molecule has 3 aromatic carbocycles. The average Bonchev–Trinajstić information content (AvgIpc) is 2.77. The Balaban J connectivity index is 1.61. The lowest BCUT2D eigenvalue weighted by molar-refractivity contribution is -0.116. The largest absolute Gasteiger partial charge is 0.495 e. The Labute approximate surface area is 207 Å². The van der Waals surface area contributed by atoms with Gasteiger partial charge in [0.1, 0.15) is 5.75 Å². The number of carbonyl (C=O) groups is 2. The third kappa shape index (κ3) is 7.16. The molecule has 5 nitrogen and oxygen atoms in total. The van der Waals surface area contributed by atoms with Gasteiger partial charge in [-0.25, -0.2) is 0 Å². The molecular weight excluding hydrogens is 479 g/mol. The number of methoxy groups -OCH3 is 1. The van der Waals surface area contributed by atoms with Gasteiger partial charge < -0.3 is 15.4 Å². The summed E-state index contributed by atoms with van der Waals surface area (Å²) in [6.45, 7) is 3.68. The summed E-state index contributed by atoms with van der Waals surface area (Å²) in [4.78, 5) is 26.0. The van der Waals surface area contributed by atoms with Crippen LogP contribution < -0.4 is 15.4 Å². The number of hydrogen-bond acceptors (Lipinski definition) is 4. The van der Waals surface area contributed by atoms with Crippen LogP contribution in [0.3, 0.4) is 0 Å². The zero-order valence-electron chi connectivity index (χ0n) is 18.4. The number of benzene rings is 3. The quantitative estimate of drug-likeness (QED) is 0.340. The van der Waals surface area contributed by atoms with Gasteiger partial charge in [-0.3, -0.25) is 9.59 Å². The van der Waals surface area contributed by atoms with E-state index in [4.69, 9.17) is 27.9 Å². The van der Waals surface area contributed by atoms with Crippen molar-refractivity contribution in [3.05, 3.63) is 81.8 Å².